The fourth-order valence-electron chi connectivity index (χ4n) is 4.22. The van der Waals surface area contributed by atoms with E-state index in [1.807, 2.05) is 38.1 Å². The normalized spacial score (nSPS) is 22.7. The van der Waals surface area contributed by atoms with Crippen LogP contribution in [-0.4, -0.2) is 75.3 Å². The summed E-state index contributed by atoms with van der Waals surface area (Å²) in [6.45, 7) is 4.37. The largest absolute Gasteiger partial charge is 0.497 e. The number of tetrazole rings is 1. The number of aromatic nitrogens is 8. The van der Waals surface area contributed by atoms with Crippen LogP contribution in [-0.2, 0) is 17.7 Å². The first-order valence-corrected chi connectivity index (χ1v) is 11.6. The molecule has 1 fully saturated rings. The maximum absolute atomic E-state index is 10.8. The molecule has 0 spiro atoms. The standard InChI is InChI=1S/C22H28N10O4/c1-4-32-29-19(28-30-32)17-15(33)16(34)21(36-17)31-10-24-14-18(23)26-22(27-20(14)31)25-11(2)8-12-6-5-7-13(9-12)35-3/h5-7,9-11,15-17,21,33-34H,4,8H2,1-3H3,(H3,23,25,26,27)/t11?,15-,16+,17-,21+/m0/s1. The zero-order chi connectivity index (χ0) is 25.4. The Hall–Kier alpha value is -3.88. The second kappa shape index (κ2) is 9.64. The number of methoxy groups -OCH3 is 1. The number of nitrogens with zero attached hydrogens (tertiary/aromatic N) is 8. The van der Waals surface area contributed by atoms with E-state index in [0.29, 0.717) is 30.1 Å². The van der Waals surface area contributed by atoms with Crippen molar-refractivity contribution in [3.8, 4) is 5.75 Å². The molecule has 4 heterocycles. The number of anilines is 2. The highest BCUT2D eigenvalue weighted by Crippen LogP contribution is 2.38. The zero-order valence-corrected chi connectivity index (χ0v) is 20.1. The second-order valence-corrected chi connectivity index (χ2v) is 8.62. The van der Waals surface area contributed by atoms with Crippen molar-refractivity contribution >= 4 is 22.9 Å². The molecule has 0 radical (unpaired) electrons. The maximum Gasteiger partial charge on any atom is 0.226 e. The van der Waals surface area contributed by atoms with Crippen LogP contribution >= 0.6 is 0 Å². The van der Waals surface area contributed by atoms with Crippen LogP contribution in [0, 0.1) is 0 Å². The molecule has 14 heteroatoms. The van der Waals surface area contributed by atoms with Crippen molar-refractivity contribution in [2.45, 2.75) is 57.4 Å². The number of hydrogen-bond acceptors (Lipinski definition) is 12. The first kappa shape index (κ1) is 23.8. The molecule has 1 unspecified atom stereocenters. The summed E-state index contributed by atoms with van der Waals surface area (Å²) < 4.78 is 12.8. The third-order valence-electron chi connectivity index (χ3n) is 6.02. The fourth-order valence-corrected chi connectivity index (χ4v) is 4.22. The number of nitrogens with one attached hydrogen (secondary N) is 1. The molecule has 36 heavy (non-hydrogen) atoms. The van der Waals surface area contributed by atoms with Crippen molar-refractivity contribution in [3.63, 3.8) is 0 Å². The van der Waals surface area contributed by atoms with Gasteiger partial charge in [-0.1, -0.05) is 12.1 Å². The first-order valence-electron chi connectivity index (χ1n) is 11.6. The zero-order valence-electron chi connectivity index (χ0n) is 20.1. The number of aryl methyl sites for hydroxylation is 1. The number of nitrogen functional groups attached to an aromatic ring is 1. The molecule has 0 aliphatic carbocycles. The quantitative estimate of drug-likeness (QED) is 0.264. The van der Waals surface area contributed by atoms with Crippen molar-refractivity contribution in [2.24, 2.45) is 0 Å². The van der Waals surface area contributed by atoms with Crippen LogP contribution in [0.4, 0.5) is 11.8 Å². The van der Waals surface area contributed by atoms with Crippen molar-refractivity contribution in [1.82, 2.24) is 39.7 Å². The van der Waals surface area contributed by atoms with E-state index in [2.05, 4.69) is 35.7 Å². The predicted molar refractivity (Wildman–Crippen MR) is 128 cm³/mol. The van der Waals surface area contributed by atoms with Gasteiger partial charge in [-0.15, -0.1) is 10.2 Å². The van der Waals surface area contributed by atoms with Gasteiger partial charge in [0, 0.05) is 6.04 Å². The lowest BCUT2D eigenvalue weighted by Crippen LogP contribution is -2.29. The number of benzene rings is 1. The van der Waals surface area contributed by atoms with Gasteiger partial charge < -0.3 is 30.7 Å². The van der Waals surface area contributed by atoms with Crippen LogP contribution in [0.5, 0.6) is 5.75 Å². The first-order chi connectivity index (χ1) is 17.4. The number of ether oxygens (including phenoxy) is 2. The highest BCUT2D eigenvalue weighted by atomic mass is 16.6. The number of rotatable bonds is 8. The summed E-state index contributed by atoms with van der Waals surface area (Å²) in [6, 6.07) is 7.79. The Bertz CT molecular complexity index is 1360. The molecule has 5 atom stereocenters. The molecule has 1 aliphatic heterocycles. The van der Waals surface area contributed by atoms with Gasteiger partial charge in [0.25, 0.3) is 0 Å². The summed E-state index contributed by atoms with van der Waals surface area (Å²) in [5.41, 5.74) is 7.95. The van der Waals surface area contributed by atoms with E-state index in [4.69, 9.17) is 15.2 Å². The van der Waals surface area contributed by atoms with E-state index in [-0.39, 0.29) is 17.7 Å². The minimum Gasteiger partial charge on any atom is -0.497 e. The summed E-state index contributed by atoms with van der Waals surface area (Å²) in [6.07, 6.45) is -2.40. The molecule has 3 aromatic heterocycles. The second-order valence-electron chi connectivity index (χ2n) is 8.62. The summed E-state index contributed by atoms with van der Waals surface area (Å²) in [5, 5.41) is 36.7. The predicted octanol–water partition coefficient (Wildman–Crippen LogP) is 0.458. The van der Waals surface area contributed by atoms with Crippen molar-refractivity contribution in [1.29, 1.82) is 0 Å². The van der Waals surface area contributed by atoms with E-state index in [1.165, 1.54) is 15.7 Å². The van der Waals surface area contributed by atoms with Crippen LogP contribution in [0.1, 0.15) is 37.6 Å². The molecule has 1 aromatic carbocycles. The van der Waals surface area contributed by atoms with Crippen LogP contribution in [0.25, 0.3) is 11.2 Å². The van der Waals surface area contributed by atoms with Gasteiger partial charge in [0.05, 0.1) is 20.0 Å². The Kier molecular flexibility index (Phi) is 6.38. The van der Waals surface area contributed by atoms with Gasteiger partial charge in [-0.2, -0.15) is 14.8 Å². The van der Waals surface area contributed by atoms with Gasteiger partial charge in [-0.05, 0) is 43.2 Å². The molecule has 14 nitrogen and oxygen atoms in total. The third kappa shape index (κ3) is 4.41. The molecule has 0 amide bonds. The molecule has 4 aromatic rings. The van der Waals surface area contributed by atoms with E-state index in [9.17, 15) is 10.2 Å². The van der Waals surface area contributed by atoms with E-state index in [1.54, 1.807) is 7.11 Å². The molecule has 1 saturated heterocycles. The highest BCUT2D eigenvalue weighted by Gasteiger charge is 2.47. The molecule has 0 bridgehead atoms. The number of aliphatic hydroxyl groups excluding tert-OH is 2. The van der Waals surface area contributed by atoms with E-state index in [0.717, 1.165) is 11.3 Å². The number of hydrogen-bond donors (Lipinski definition) is 4. The molecular weight excluding hydrogens is 468 g/mol. The van der Waals surface area contributed by atoms with Crippen LogP contribution < -0.4 is 15.8 Å². The Balaban J connectivity index is 1.39. The topological polar surface area (TPSA) is 184 Å². The van der Waals surface area contributed by atoms with Gasteiger partial charge in [0.1, 0.15) is 23.5 Å². The molecule has 190 valence electrons. The summed E-state index contributed by atoms with van der Waals surface area (Å²) in [7, 11) is 1.63. The van der Waals surface area contributed by atoms with Crippen molar-refractivity contribution < 1.29 is 19.7 Å². The molecule has 1 aliphatic rings. The monoisotopic (exact) mass is 496 g/mol. The number of fused-ring (bicyclic) bond motifs is 1. The van der Waals surface area contributed by atoms with Gasteiger partial charge >= 0.3 is 0 Å². The lowest BCUT2D eigenvalue weighted by Gasteiger charge is -2.18. The minimum atomic E-state index is -1.29. The van der Waals surface area contributed by atoms with E-state index >= 15 is 0 Å². The Morgan fingerprint density at radius 2 is 2.08 bits per heavy atom. The Morgan fingerprint density at radius 1 is 1.25 bits per heavy atom. The van der Waals surface area contributed by atoms with Gasteiger partial charge in [0.2, 0.25) is 11.8 Å². The minimum absolute atomic E-state index is 0.0305. The Morgan fingerprint density at radius 3 is 2.83 bits per heavy atom. The summed E-state index contributed by atoms with van der Waals surface area (Å²) in [4.78, 5) is 14.6. The number of aliphatic hydroxyl groups is 2. The fraction of sp³-hybridized carbons (Fsp3) is 0.455. The van der Waals surface area contributed by atoms with Gasteiger partial charge in [-0.3, -0.25) is 4.57 Å². The summed E-state index contributed by atoms with van der Waals surface area (Å²) >= 11 is 0. The lowest BCUT2D eigenvalue weighted by molar-refractivity contribution is -0.0384. The summed E-state index contributed by atoms with van der Waals surface area (Å²) in [5.74, 6) is 1.44. The van der Waals surface area contributed by atoms with E-state index < -0.39 is 24.5 Å². The SMILES string of the molecule is CCn1nnc([C@H]2O[C@@H](n3cnc4c(N)nc(NC(C)Cc5cccc(OC)c5)nc43)[C@H](O)[C@@H]2O)n1. The molecule has 5 N–H and O–H groups in total. The lowest BCUT2D eigenvalue weighted by atomic mass is 10.1. The average Bonchev–Trinajstić information content (AvgIpc) is 3.58. The molecular formula is C22H28N10O4. The van der Waals surface area contributed by atoms with Crippen LogP contribution in [0.15, 0.2) is 30.6 Å². The molecule has 0 saturated carbocycles. The maximum atomic E-state index is 10.8. The Labute approximate surface area is 206 Å². The third-order valence-corrected chi connectivity index (χ3v) is 6.02. The van der Waals surface area contributed by atoms with Gasteiger partial charge in [-0.25, -0.2) is 4.98 Å². The van der Waals surface area contributed by atoms with Crippen molar-refractivity contribution in [2.75, 3.05) is 18.2 Å². The number of nitrogens with two attached hydrogens (primary N) is 1. The van der Waals surface area contributed by atoms with Crippen LogP contribution in [0.2, 0.25) is 0 Å². The highest BCUT2D eigenvalue weighted by molar-refractivity contribution is 5.83. The average molecular weight is 497 g/mol. The van der Waals surface area contributed by atoms with Crippen molar-refractivity contribution in [3.05, 3.63) is 42.0 Å². The van der Waals surface area contributed by atoms with Crippen LogP contribution in [0.3, 0.4) is 0 Å². The smallest absolute Gasteiger partial charge is 0.226 e. The number of imidazole rings is 1. The molecule has 5 rings (SSSR count). The van der Waals surface area contributed by atoms with Gasteiger partial charge in [0.15, 0.2) is 23.8 Å².